The summed E-state index contributed by atoms with van der Waals surface area (Å²) in [6.07, 6.45) is 5.93. The van der Waals surface area contributed by atoms with E-state index in [1.165, 1.54) is 25.7 Å². The van der Waals surface area contributed by atoms with Gasteiger partial charge in [0.05, 0.1) is 0 Å². The smallest absolute Gasteiger partial charge is 0.323 e. The fourth-order valence-corrected chi connectivity index (χ4v) is 2.09. The van der Waals surface area contributed by atoms with Crippen molar-refractivity contribution in [1.29, 1.82) is 0 Å². The monoisotopic (exact) mass is 240 g/mol. The number of rotatable bonds is 8. The molecule has 3 N–H and O–H groups in total. The van der Waals surface area contributed by atoms with Crippen molar-refractivity contribution in [1.82, 2.24) is 4.90 Å². The van der Waals surface area contributed by atoms with Crippen LogP contribution in [0.2, 0.25) is 0 Å². The van der Waals surface area contributed by atoms with E-state index in [2.05, 4.69) is 4.90 Å². The second kappa shape index (κ2) is 4.94. The van der Waals surface area contributed by atoms with E-state index in [0.717, 1.165) is 31.5 Å². The zero-order valence-electron chi connectivity index (χ0n) is 10.7. The van der Waals surface area contributed by atoms with Crippen LogP contribution in [0.4, 0.5) is 0 Å². The number of nitrogens with zero attached hydrogens (tertiary/aromatic N) is 1. The lowest BCUT2D eigenvalue weighted by atomic mass is 9.99. The van der Waals surface area contributed by atoms with E-state index in [0.29, 0.717) is 6.42 Å². The molecule has 2 aliphatic rings. The van der Waals surface area contributed by atoms with Gasteiger partial charge in [0.1, 0.15) is 5.54 Å². The third kappa shape index (κ3) is 4.28. The fourth-order valence-electron chi connectivity index (χ4n) is 2.09. The average molecular weight is 240 g/mol. The average Bonchev–Trinajstić information content (AvgIpc) is 3.08. The molecule has 0 amide bonds. The minimum Gasteiger partial charge on any atom is -0.480 e. The van der Waals surface area contributed by atoms with Crippen molar-refractivity contribution in [2.75, 3.05) is 19.6 Å². The minimum atomic E-state index is -1.08. The van der Waals surface area contributed by atoms with Crippen LogP contribution >= 0.6 is 0 Å². The van der Waals surface area contributed by atoms with E-state index in [9.17, 15) is 4.79 Å². The molecule has 0 aromatic heterocycles. The van der Waals surface area contributed by atoms with Gasteiger partial charge in [-0.1, -0.05) is 0 Å². The summed E-state index contributed by atoms with van der Waals surface area (Å²) in [7, 11) is 0. The first-order valence-corrected chi connectivity index (χ1v) is 6.72. The van der Waals surface area contributed by atoms with E-state index < -0.39 is 11.5 Å². The molecule has 0 heterocycles. The molecule has 2 aliphatic carbocycles. The van der Waals surface area contributed by atoms with Crippen molar-refractivity contribution in [2.24, 2.45) is 17.6 Å². The SMILES string of the molecule is CC(N)(CCN(CC1CC1)CC1CC1)C(=O)O. The standard InChI is InChI=1S/C13H24N2O2/c1-13(14,12(16)17)6-7-15(8-10-2-3-10)9-11-4-5-11/h10-11H,2-9,14H2,1H3,(H,16,17). The molecule has 0 spiro atoms. The van der Waals surface area contributed by atoms with E-state index in [1.807, 2.05) is 0 Å². The molecule has 1 atom stereocenters. The molecular formula is C13H24N2O2. The van der Waals surface area contributed by atoms with Gasteiger partial charge in [-0.05, 0) is 50.9 Å². The lowest BCUT2D eigenvalue weighted by molar-refractivity contribution is -0.143. The summed E-state index contributed by atoms with van der Waals surface area (Å²) in [6.45, 7) is 4.73. The maximum atomic E-state index is 11.0. The van der Waals surface area contributed by atoms with Crippen LogP contribution in [0.5, 0.6) is 0 Å². The Morgan fingerprint density at radius 3 is 2.12 bits per heavy atom. The summed E-state index contributed by atoms with van der Waals surface area (Å²) in [5.74, 6) is 0.834. The third-order valence-electron chi connectivity index (χ3n) is 3.86. The number of carboxylic acids is 1. The molecule has 2 saturated carbocycles. The highest BCUT2D eigenvalue weighted by Gasteiger charge is 2.32. The molecule has 0 saturated heterocycles. The largest absolute Gasteiger partial charge is 0.480 e. The third-order valence-corrected chi connectivity index (χ3v) is 3.86. The lowest BCUT2D eigenvalue weighted by Crippen LogP contribution is -2.47. The molecule has 1 unspecified atom stereocenters. The normalized spacial score (nSPS) is 23.7. The number of carboxylic acid groups (broad SMARTS) is 1. The van der Waals surface area contributed by atoms with Crippen molar-refractivity contribution < 1.29 is 9.90 Å². The van der Waals surface area contributed by atoms with Gasteiger partial charge >= 0.3 is 5.97 Å². The Morgan fingerprint density at radius 2 is 1.76 bits per heavy atom. The van der Waals surface area contributed by atoms with E-state index in [1.54, 1.807) is 6.92 Å². The van der Waals surface area contributed by atoms with Crippen LogP contribution in [0.3, 0.4) is 0 Å². The van der Waals surface area contributed by atoms with Crippen LogP contribution in [0.1, 0.15) is 39.0 Å². The molecule has 4 nitrogen and oxygen atoms in total. The van der Waals surface area contributed by atoms with E-state index in [-0.39, 0.29) is 0 Å². The van der Waals surface area contributed by atoms with Gasteiger partial charge in [-0.3, -0.25) is 4.79 Å². The van der Waals surface area contributed by atoms with Gasteiger partial charge in [0.25, 0.3) is 0 Å². The first-order valence-electron chi connectivity index (χ1n) is 6.72. The van der Waals surface area contributed by atoms with Crippen LogP contribution in [-0.2, 0) is 4.79 Å². The predicted octanol–water partition coefficient (Wildman–Crippen LogP) is 1.30. The molecule has 4 heteroatoms. The number of nitrogens with two attached hydrogens (primary N) is 1. The Bertz CT molecular complexity index is 269. The molecule has 0 aliphatic heterocycles. The fraction of sp³-hybridized carbons (Fsp3) is 0.923. The summed E-state index contributed by atoms with van der Waals surface area (Å²) in [5.41, 5.74) is 4.70. The summed E-state index contributed by atoms with van der Waals surface area (Å²) in [6, 6.07) is 0. The molecule has 17 heavy (non-hydrogen) atoms. The van der Waals surface area contributed by atoms with Crippen molar-refractivity contribution in [3.8, 4) is 0 Å². The van der Waals surface area contributed by atoms with Gasteiger partial charge in [0.15, 0.2) is 0 Å². The number of aliphatic carboxylic acids is 1. The summed E-state index contributed by atoms with van der Waals surface area (Å²) in [5, 5.41) is 9.00. The molecular weight excluding hydrogens is 216 g/mol. The molecule has 0 aromatic carbocycles. The van der Waals surface area contributed by atoms with Crippen LogP contribution in [-0.4, -0.2) is 41.1 Å². The Morgan fingerprint density at radius 1 is 1.29 bits per heavy atom. The van der Waals surface area contributed by atoms with Crippen molar-refractivity contribution in [2.45, 2.75) is 44.6 Å². The molecule has 2 fully saturated rings. The van der Waals surface area contributed by atoms with Gasteiger partial charge in [-0.15, -0.1) is 0 Å². The van der Waals surface area contributed by atoms with Crippen molar-refractivity contribution >= 4 is 5.97 Å². The second-order valence-electron chi connectivity index (χ2n) is 6.12. The highest BCUT2D eigenvalue weighted by molar-refractivity contribution is 5.77. The number of hydrogen-bond acceptors (Lipinski definition) is 3. The van der Waals surface area contributed by atoms with Crippen LogP contribution in [0, 0.1) is 11.8 Å². The Kier molecular flexibility index (Phi) is 3.73. The summed E-state index contributed by atoms with van der Waals surface area (Å²) < 4.78 is 0. The summed E-state index contributed by atoms with van der Waals surface area (Å²) in [4.78, 5) is 13.4. The number of carbonyl (C=O) groups is 1. The molecule has 0 aromatic rings. The predicted molar refractivity (Wildman–Crippen MR) is 66.7 cm³/mol. The van der Waals surface area contributed by atoms with E-state index in [4.69, 9.17) is 10.8 Å². The zero-order chi connectivity index (χ0) is 12.5. The molecule has 0 bridgehead atoms. The van der Waals surface area contributed by atoms with Crippen LogP contribution < -0.4 is 5.73 Å². The van der Waals surface area contributed by atoms with Crippen LogP contribution in [0.15, 0.2) is 0 Å². The zero-order valence-corrected chi connectivity index (χ0v) is 10.7. The Labute approximate surface area is 103 Å². The minimum absolute atomic E-state index is 0.543. The van der Waals surface area contributed by atoms with E-state index >= 15 is 0 Å². The van der Waals surface area contributed by atoms with Gasteiger partial charge in [-0.2, -0.15) is 0 Å². The summed E-state index contributed by atoms with van der Waals surface area (Å²) >= 11 is 0. The van der Waals surface area contributed by atoms with Crippen LogP contribution in [0.25, 0.3) is 0 Å². The molecule has 0 radical (unpaired) electrons. The van der Waals surface area contributed by atoms with Gasteiger partial charge < -0.3 is 15.7 Å². The highest BCUT2D eigenvalue weighted by Crippen LogP contribution is 2.33. The lowest BCUT2D eigenvalue weighted by Gasteiger charge is -2.26. The Balaban J connectivity index is 1.76. The maximum Gasteiger partial charge on any atom is 0.323 e. The maximum absolute atomic E-state index is 11.0. The first kappa shape index (κ1) is 12.8. The van der Waals surface area contributed by atoms with Crippen molar-refractivity contribution in [3.63, 3.8) is 0 Å². The first-order chi connectivity index (χ1) is 7.97. The van der Waals surface area contributed by atoms with Crippen molar-refractivity contribution in [3.05, 3.63) is 0 Å². The quantitative estimate of drug-likeness (QED) is 0.671. The Hall–Kier alpha value is -0.610. The number of hydrogen-bond donors (Lipinski definition) is 2. The molecule has 2 rings (SSSR count). The highest BCUT2D eigenvalue weighted by atomic mass is 16.4. The van der Waals surface area contributed by atoms with Gasteiger partial charge in [0, 0.05) is 19.6 Å². The second-order valence-corrected chi connectivity index (χ2v) is 6.12. The van der Waals surface area contributed by atoms with Gasteiger partial charge in [-0.25, -0.2) is 0 Å². The van der Waals surface area contributed by atoms with Gasteiger partial charge in [0.2, 0.25) is 0 Å². The molecule has 98 valence electrons. The topological polar surface area (TPSA) is 66.6 Å².